The standard InChI is InChI=1S/C17H25N3O2/c1-2-13-10-20(11-16(21)19-12-6-3-4-7-12)17-14(18)8-5-9-15(17)22-13/h5,8-9,12-13H,2-4,6-7,10-11,18H2,1H3,(H,19,21). The van der Waals surface area contributed by atoms with Gasteiger partial charge in [-0.3, -0.25) is 4.79 Å². The summed E-state index contributed by atoms with van der Waals surface area (Å²) in [5.74, 6) is 0.865. The Morgan fingerprint density at radius 1 is 1.41 bits per heavy atom. The number of nitrogens with one attached hydrogen (secondary N) is 1. The minimum absolute atomic E-state index is 0.0813. The fourth-order valence-electron chi connectivity index (χ4n) is 3.40. The number of nitrogens with zero attached hydrogens (tertiary/aromatic N) is 1. The lowest BCUT2D eigenvalue weighted by atomic mass is 10.1. The second kappa shape index (κ2) is 6.46. The van der Waals surface area contributed by atoms with E-state index in [1.807, 2.05) is 18.2 Å². The van der Waals surface area contributed by atoms with E-state index in [0.717, 1.165) is 30.7 Å². The molecule has 1 amide bonds. The summed E-state index contributed by atoms with van der Waals surface area (Å²) < 4.78 is 5.95. The van der Waals surface area contributed by atoms with Gasteiger partial charge in [0.25, 0.3) is 0 Å². The molecule has 0 saturated heterocycles. The maximum Gasteiger partial charge on any atom is 0.239 e. The van der Waals surface area contributed by atoms with Crippen molar-refractivity contribution in [1.82, 2.24) is 5.32 Å². The fourth-order valence-corrected chi connectivity index (χ4v) is 3.40. The molecule has 5 heteroatoms. The summed E-state index contributed by atoms with van der Waals surface area (Å²) in [7, 11) is 0. The van der Waals surface area contributed by atoms with Crippen LogP contribution in [0.25, 0.3) is 0 Å². The molecule has 2 aliphatic rings. The third-order valence-corrected chi connectivity index (χ3v) is 4.57. The van der Waals surface area contributed by atoms with Crippen molar-refractivity contribution in [3.8, 4) is 5.75 Å². The number of benzene rings is 1. The van der Waals surface area contributed by atoms with Crippen LogP contribution in [0.3, 0.4) is 0 Å². The maximum absolute atomic E-state index is 12.3. The Morgan fingerprint density at radius 2 is 2.18 bits per heavy atom. The van der Waals surface area contributed by atoms with Crippen molar-refractivity contribution in [2.75, 3.05) is 23.7 Å². The van der Waals surface area contributed by atoms with E-state index in [4.69, 9.17) is 10.5 Å². The predicted octanol–water partition coefficient (Wildman–Crippen LogP) is 2.30. The number of hydrogen-bond donors (Lipinski definition) is 2. The number of ether oxygens (including phenoxy) is 1. The van der Waals surface area contributed by atoms with Crippen LogP contribution in [0.4, 0.5) is 11.4 Å². The second-order valence-electron chi connectivity index (χ2n) is 6.27. The number of nitrogen functional groups attached to an aromatic ring is 1. The Labute approximate surface area is 131 Å². The highest BCUT2D eigenvalue weighted by molar-refractivity contribution is 5.85. The van der Waals surface area contributed by atoms with Gasteiger partial charge in [0, 0.05) is 6.04 Å². The van der Waals surface area contributed by atoms with E-state index < -0.39 is 0 Å². The van der Waals surface area contributed by atoms with Gasteiger partial charge in [0.05, 0.1) is 18.8 Å². The summed E-state index contributed by atoms with van der Waals surface area (Å²) in [6.45, 7) is 3.14. The van der Waals surface area contributed by atoms with Crippen LogP contribution in [-0.2, 0) is 4.79 Å². The fraction of sp³-hybridized carbons (Fsp3) is 0.588. The molecule has 0 radical (unpaired) electrons. The van der Waals surface area contributed by atoms with Gasteiger partial charge in [-0.2, -0.15) is 0 Å². The lowest BCUT2D eigenvalue weighted by Crippen LogP contribution is -2.47. The first-order valence-electron chi connectivity index (χ1n) is 8.27. The predicted molar refractivity (Wildman–Crippen MR) is 88.2 cm³/mol. The molecule has 3 rings (SSSR count). The number of hydrogen-bond acceptors (Lipinski definition) is 4. The number of carbonyl (C=O) groups excluding carboxylic acids is 1. The molecular weight excluding hydrogens is 278 g/mol. The first-order valence-corrected chi connectivity index (χ1v) is 8.27. The molecule has 1 aliphatic carbocycles. The SMILES string of the molecule is CCC1CN(CC(=O)NC2CCCC2)c2c(N)cccc2O1. The smallest absolute Gasteiger partial charge is 0.239 e. The number of para-hydroxylation sites is 1. The molecule has 1 fully saturated rings. The Kier molecular flexibility index (Phi) is 4.41. The monoisotopic (exact) mass is 303 g/mol. The van der Waals surface area contributed by atoms with Crippen LogP contribution < -0.4 is 20.7 Å². The quantitative estimate of drug-likeness (QED) is 0.838. The minimum atomic E-state index is 0.0813. The van der Waals surface area contributed by atoms with Crippen LogP contribution in [0, 0.1) is 0 Å². The average Bonchev–Trinajstić information content (AvgIpc) is 2.99. The zero-order chi connectivity index (χ0) is 15.5. The van der Waals surface area contributed by atoms with Crippen LogP contribution in [0.5, 0.6) is 5.75 Å². The number of fused-ring (bicyclic) bond motifs is 1. The molecule has 0 aromatic heterocycles. The Morgan fingerprint density at radius 3 is 2.91 bits per heavy atom. The van der Waals surface area contributed by atoms with Gasteiger partial charge in [-0.25, -0.2) is 0 Å². The van der Waals surface area contributed by atoms with E-state index in [-0.39, 0.29) is 12.0 Å². The van der Waals surface area contributed by atoms with Gasteiger partial charge in [0.1, 0.15) is 17.5 Å². The van der Waals surface area contributed by atoms with Crippen molar-refractivity contribution in [2.45, 2.75) is 51.2 Å². The van der Waals surface area contributed by atoms with E-state index in [0.29, 0.717) is 24.8 Å². The van der Waals surface area contributed by atoms with Crippen molar-refractivity contribution >= 4 is 17.3 Å². The van der Waals surface area contributed by atoms with E-state index in [9.17, 15) is 4.79 Å². The normalized spacial score (nSPS) is 21.3. The summed E-state index contributed by atoms with van der Waals surface area (Å²) in [4.78, 5) is 14.4. The van der Waals surface area contributed by atoms with Crippen LogP contribution in [0.2, 0.25) is 0 Å². The second-order valence-corrected chi connectivity index (χ2v) is 6.27. The summed E-state index contributed by atoms with van der Waals surface area (Å²) in [5.41, 5.74) is 7.63. The molecular formula is C17H25N3O2. The molecule has 1 atom stereocenters. The first-order chi connectivity index (χ1) is 10.7. The minimum Gasteiger partial charge on any atom is -0.486 e. The molecule has 1 aromatic rings. The van der Waals surface area contributed by atoms with Gasteiger partial charge >= 0.3 is 0 Å². The van der Waals surface area contributed by atoms with Gasteiger partial charge < -0.3 is 20.7 Å². The number of rotatable bonds is 4. The number of amides is 1. The lowest BCUT2D eigenvalue weighted by molar-refractivity contribution is -0.120. The van der Waals surface area contributed by atoms with Crippen LogP contribution in [-0.4, -0.2) is 31.1 Å². The Balaban J connectivity index is 1.73. The summed E-state index contributed by atoms with van der Waals surface area (Å²) in [6.07, 6.45) is 5.66. The molecule has 1 unspecified atom stereocenters. The van der Waals surface area contributed by atoms with E-state index in [1.165, 1.54) is 12.8 Å². The van der Waals surface area contributed by atoms with Crippen LogP contribution in [0.15, 0.2) is 18.2 Å². The Hall–Kier alpha value is -1.91. The molecule has 1 aliphatic heterocycles. The van der Waals surface area contributed by atoms with Crippen molar-refractivity contribution in [3.63, 3.8) is 0 Å². The largest absolute Gasteiger partial charge is 0.486 e. The number of anilines is 2. The molecule has 3 N–H and O–H groups in total. The molecule has 1 saturated carbocycles. The summed E-state index contributed by atoms with van der Waals surface area (Å²) in [6, 6.07) is 6.03. The van der Waals surface area contributed by atoms with E-state index >= 15 is 0 Å². The third-order valence-electron chi connectivity index (χ3n) is 4.57. The van der Waals surface area contributed by atoms with Gasteiger partial charge in [-0.1, -0.05) is 25.8 Å². The first kappa shape index (κ1) is 15.0. The molecule has 1 aromatic carbocycles. The maximum atomic E-state index is 12.3. The van der Waals surface area contributed by atoms with Crippen molar-refractivity contribution in [2.24, 2.45) is 0 Å². The number of carbonyl (C=O) groups is 1. The summed E-state index contributed by atoms with van der Waals surface area (Å²) >= 11 is 0. The van der Waals surface area contributed by atoms with E-state index in [2.05, 4.69) is 17.1 Å². The molecule has 5 nitrogen and oxygen atoms in total. The van der Waals surface area contributed by atoms with Gasteiger partial charge in [0.15, 0.2) is 0 Å². The molecule has 22 heavy (non-hydrogen) atoms. The molecule has 0 spiro atoms. The van der Waals surface area contributed by atoms with Crippen LogP contribution in [0.1, 0.15) is 39.0 Å². The van der Waals surface area contributed by atoms with E-state index in [1.54, 1.807) is 0 Å². The molecule has 120 valence electrons. The zero-order valence-electron chi connectivity index (χ0n) is 13.2. The highest BCUT2D eigenvalue weighted by Gasteiger charge is 2.28. The van der Waals surface area contributed by atoms with Gasteiger partial charge in [-0.15, -0.1) is 0 Å². The van der Waals surface area contributed by atoms with Gasteiger partial charge in [0.2, 0.25) is 5.91 Å². The molecule has 1 heterocycles. The summed E-state index contributed by atoms with van der Waals surface area (Å²) in [5, 5.41) is 3.15. The Bertz CT molecular complexity index is 541. The number of nitrogens with two attached hydrogens (primary N) is 1. The zero-order valence-corrected chi connectivity index (χ0v) is 13.2. The highest BCUT2D eigenvalue weighted by atomic mass is 16.5. The van der Waals surface area contributed by atoms with Crippen molar-refractivity contribution in [3.05, 3.63) is 18.2 Å². The third kappa shape index (κ3) is 3.13. The average molecular weight is 303 g/mol. The lowest BCUT2D eigenvalue weighted by Gasteiger charge is -2.36. The van der Waals surface area contributed by atoms with Crippen molar-refractivity contribution < 1.29 is 9.53 Å². The van der Waals surface area contributed by atoms with Gasteiger partial charge in [-0.05, 0) is 31.4 Å². The highest BCUT2D eigenvalue weighted by Crippen LogP contribution is 2.38. The topological polar surface area (TPSA) is 67.6 Å². The van der Waals surface area contributed by atoms with Crippen LogP contribution >= 0.6 is 0 Å². The molecule has 0 bridgehead atoms. The van der Waals surface area contributed by atoms with Crippen molar-refractivity contribution in [1.29, 1.82) is 0 Å².